The molecule has 0 unspecified atom stereocenters. The largest absolute Gasteiger partial charge is 0.235 e. The monoisotopic (exact) mass is 323 g/mol. The van der Waals surface area contributed by atoms with Crippen LogP contribution in [-0.4, -0.2) is 9.78 Å². The summed E-state index contributed by atoms with van der Waals surface area (Å²) in [5, 5.41) is 13.3. The van der Waals surface area contributed by atoms with Crippen molar-refractivity contribution < 1.29 is 8.78 Å². The van der Waals surface area contributed by atoms with Gasteiger partial charge in [0, 0.05) is 17.7 Å². The van der Waals surface area contributed by atoms with Gasteiger partial charge in [0.1, 0.15) is 17.3 Å². The Bertz CT molecular complexity index is 934. The first-order valence-corrected chi connectivity index (χ1v) is 7.49. The van der Waals surface area contributed by atoms with Crippen LogP contribution in [0.3, 0.4) is 0 Å². The Hall–Kier alpha value is -3.00. The van der Waals surface area contributed by atoms with Gasteiger partial charge < -0.3 is 0 Å². The predicted octanol–water partition coefficient (Wildman–Crippen LogP) is 4.23. The van der Waals surface area contributed by atoms with Gasteiger partial charge in [-0.15, -0.1) is 0 Å². The van der Waals surface area contributed by atoms with Gasteiger partial charge in [0.25, 0.3) is 0 Å². The normalized spacial score (nSPS) is 10.6. The fraction of sp³-hybridized carbons (Fsp3) is 0.158. The van der Waals surface area contributed by atoms with Crippen molar-refractivity contribution in [2.24, 2.45) is 0 Å². The topological polar surface area (TPSA) is 41.6 Å². The predicted molar refractivity (Wildman–Crippen MR) is 86.9 cm³/mol. The molecule has 0 aliphatic heterocycles. The van der Waals surface area contributed by atoms with Crippen LogP contribution in [-0.2, 0) is 6.42 Å². The maximum atomic E-state index is 14.3. The summed E-state index contributed by atoms with van der Waals surface area (Å²) in [4.78, 5) is 0. The molecule has 0 atom stereocenters. The number of hydrogen-bond donors (Lipinski definition) is 0. The molecular weight excluding hydrogens is 308 g/mol. The van der Waals surface area contributed by atoms with Crippen molar-refractivity contribution in [1.29, 1.82) is 5.26 Å². The van der Waals surface area contributed by atoms with Gasteiger partial charge in [-0.2, -0.15) is 10.4 Å². The number of nitrogens with zero attached hydrogens (tertiary/aromatic N) is 3. The van der Waals surface area contributed by atoms with E-state index in [1.165, 1.54) is 18.2 Å². The lowest BCUT2D eigenvalue weighted by Gasteiger charge is -2.07. The molecule has 0 amide bonds. The van der Waals surface area contributed by atoms with Gasteiger partial charge in [-0.3, -0.25) is 0 Å². The molecule has 5 heteroatoms. The third kappa shape index (κ3) is 2.91. The van der Waals surface area contributed by atoms with Crippen LogP contribution in [0.25, 0.3) is 5.69 Å². The Morgan fingerprint density at radius 2 is 1.79 bits per heavy atom. The van der Waals surface area contributed by atoms with Gasteiger partial charge in [-0.25, -0.2) is 13.5 Å². The summed E-state index contributed by atoms with van der Waals surface area (Å²) < 4.78 is 28.8. The summed E-state index contributed by atoms with van der Waals surface area (Å²) in [6.07, 6.45) is 0.593. The van der Waals surface area contributed by atoms with Gasteiger partial charge in [0.2, 0.25) is 0 Å². The lowest BCUT2D eigenvalue weighted by atomic mass is 10.0. The maximum absolute atomic E-state index is 14.3. The first-order valence-electron chi connectivity index (χ1n) is 7.49. The SMILES string of the molecule is Cc1nn(-c2ccc(C#N)cc2F)c(C)c1Cc1ccc(F)cc1. The Labute approximate surface area is 138 Å². The molecule has 0 spiro atoms. The van der Waals surface area contributed by atoms with Gasteiger partial charge in [-0.05, 0) is 49.7 Å². The van der Waals surface area contributed by atoms with Crippen molar-refractivity contribution in [2.45, 2.75) is 20.3 Å². The van der Waals surface area contributed by atoms with Gasteiger partial charge in [0.15, 0.2) is 0 Å². The zero-order valence-electron chi connectivity index (χ0n) is 13.3. The molecule has 120 valence electrons. The Morgan fingerprint density at radius 1 is 1.08 bits per heavy atom. The standard InChI is InChI=1S/C19H15F2N3/c1-12-17(9-14-3-6-16(20)7-4-14)13(2)24(23-12)19-8-5-15(11-22)10-18(19)21/h3-8,10H,9H2,1-2H3. The van der Waals surface area contributed by atoms with E-state index in [0.717, 1.165) is 22.5 Å². The molecule has 3 nitrogen and oxygen atoms in total. The Morgan fingerprint density at radius 3 is 2.42 bits per heavy atom. The summed E-state index contributed by atoms with van der Waals surface area (Å²) in [5.41, 5.74) is 4.12. The van der Waals surface area contributed by atoms with E-state index in [-0.39, 0.29) is 11.4 Å². The molecule has 0 saturated heterocycles. The summed E-state index contributed by atoms with van der Waals surface area (Å²) in [5.74, 6) is -0.768. The van der Waals surface area contributed by atoms with Crippen LogP contribution in [0.5, 0.6) is 0 Å². The molecule has 0 saturated carbocycles. The highest BCUT2D eigenvalue weighted by Gasteiger charge is 2.16. The second-order valence-corrected chi connectivity index (χ2v) is 5.64. The molecule has 0 fully saturated rings. The average Bonchev–Trinajstić information content (AvgIpc) is 2.84. The Kier molecular flexibility index (Phi) is 4.13. The van der Waals surface area contributed by atoms with Crippen LogP contribution in [0.15, 0.2) is 42.5 Å². The molecule has 24 heavy (non-hydrogen) atoms. The minimum Gasteiger partial charge on any atom is -0.235 e. The summed E-state index contributed by atoms with van der Waals surface area (Å²) in [6.45, 7) is 3.74. The summed E-state index contributed by atoms with van der Waals surface area (Å²) >= 11 is 0. The second-order valence-electron chi connectivity index (χ2n) is 5.64. The number of halogens is 2. The van der Waals surface area contributed by atoms with Crippen molar-refractivity contribution in [1.82, 2.24) is 9.78 Å². The van der Waals surface area contributed by atoms with Gasteiger partial charge >= 0.3 is 0 Å². The van der Waals surface area contributed by atoms with Crippen LogP contribution in [0.2, 0.25) is 0 Å². The van der Waals surface area contributed by atoms with Crippen LogP contribution in [0.1, 0.15) is 28.1 Å². The van der Waals surface area contributed by atoms with Crippen molar-refractivity contribution in [3.05, 3.63) is 82.2 Å². The molecule has 3 rings (SSSR count). The van der Waals surface area contributed by atoms with E-state index in [1.54, 1.807) is 28.9 Å². The molecule has 0 aliphatic carbocycles. The van der Waals surface area contributed by atoms with Crippen molar-refractivity contribution in [3.8, 4) is 11.8 Å². The molecule has 0 N–H and O–H groups in total. The van der Waals surface area contributed by atoms with Crippen LogP contribution >= 0.6 is 0 Å². The highest BCUT2D eigenvalue weighted by Crippen LogP contribution is 2.23. The van der Waals surface area contributed by atoms with Crippen LogP contribution < -0.4 is 0 Å². The second kappa shape index (κ2) is 6.25. The highest BCUT2D eigenvalue weighted by atomic mass is 19.1. The minimum atomic E-state index is -0.493. The zero-order valence-corrected chi connectivity index (χ0v) is 13.3. The molecule has 0 radical (unpaired) electrons. The fourth-order valence-corrected chi connectivity index (χ4v) is 2.72. The number of benzene rings is 2. The smallest absolute Gasteiger partial charge is 0.150 e. The third-order valence-corrected chi connectivity index (χ3v) is 4.04. The van der Waals surface area contributed by atoms with E-state index >= 15 is 0 Å². The van der Waals surface area contributed by atoms with E-state index in [0.29, 0.717) is 12.1 Å². The highest BCUT2D eigenvalue weighted by molar-refractivity contribution is 5.44. The van der Waals surface area contributed by atoms with Crippen LogP contribution in [0, 0.1) is 36.8 Å². The molecule has 2 aromatic carbocycles. The van der Waals surface area contributed by atoms with Crippen molar-refractivity contribution >= 4 is 0 Å². The number of aryl methyl sites for hydroxylation is 1. The zero-order chi connectivity index (χ0) is 17.3. The molecule has 0 aliphatic rings. The summed E-state index contributed by atoms with van der Waals surface area (Å²) in [7, 11) is 0. The minimum absolute atomic E-state index is 0.268. The summed E-state index contributed by atoms with van der Waals surface area (Å²) in [6, 6.07) is 12.5. The quantitative estimate of drug-likeness (QED) is 0.724. The van der Waals surface area contributed by atoms with E-state index in [4.69, 9.17) is 5.26 Å². The Balaban J connectivity index is 2.00. The van der Waals surface area contributed by atoms with E-state index in [9.17, 15) is 8.78 Å². The van der Waals surface area contributed by atoms with Crippen LogP contribution in [0.4, 0.5) is 8.78 Å². The van der Waals surface area contributed by atoms with Gasteiger partial charge in [0.05, 0.1) is 17.3 Å². The number of nitriles is 1. The van der Waals surface area contributed by atoms with Crippen molar-refractivity contribution in [2.75, 3.05) is 0 Å². The maximum Gasteiger partial charge on any atom is 0.150 e. The molecular formula is C19H15F2N3. The fourth-order valence-electron chi connectivity index (χ4n) is 2.72. The molecule has 1 heterocycles. The third-order valence-electron chi connectivity index (χ3n) is 4.04. The first-order chi connectivity index (χ1) is 11.5. The number of hydrogen-bond acceptors (Lipinski definition) is 2. The van der Waals surface area contributed by atoms with E-state index in [1.807, 2.05) is 19.9 Å². The van der Waals surface area contributed by atoms with Crippen molar-refractivity contribution in [3.63, 3.8) is 0 Å². The van der Waals surface area contributed by atoms with Gasteiger partial charge in [-0.1, -0.05) is 12.1 Å². The number of aromatic nitrogens is 2. The number of rotatable bonds is 3. The molecule has 0 bridgehead atoms. The molecule has 1 aromatic heterocycles. The first kappa shape index (κ1) is 15.9. The molecule has 3 aromatic rings. The average molecular weight is 323 g/mol. The lowest BCUT2D eigenvalue weighted by molar-refractivity contribution is 0.607. The van der Waals surface area contributed by atoms with E-state index < -0.39 is 5.82 Å². The van der Waals surface area contributed by atoms with E-state index in [2.05, 4.69) is 5.10 Å². The lowest BCUT2D eigenvalue weighted by Crippen LogP contribution is -2.03.